The number of nitrogens with one attached hydrogen (secondary N) is 1. The molecular weight excluding hydrogens is 302 g/mol. The summed E-state index contributed by atoms with van der Waals surface area (Å²) in [4.78, 5) is 12.0. The maximum atomic E-state index is 12.0. The van der Waals surface area contributed by atoms with Crippen LogP contribution in [0.15, 0.2) is 59.1 Å². The number of carbonyl (C=O) groups is 1. The summed E-state index contributed by atoms with van der Waals surface area (Å²) >= 11 is 3.38. The quantitative estimate of drug-likeness (QED) is 0.911. The number of rotatable bonds is 4. The van der Waals surface area contributed by atoms with Crippen LogP contribution in [0.25, 0.3) is 0 Å². The highest BCUT2D eigenvalue weighted by atomic mass is 79.9. The first-order valence-corrected chi connectivity index (χ1v) is 7.03. The van der Waals surface area contributed by atoms with Crippen LogP contribution in [0, 0.1) is 0 Å². The number of halogens is 1. The molecule has 0 aliphatic heterocycles. The largest absolute Gasteiger partial charge is 0.349 e. The fourth-order valence-electron chi connectivity index (χ4n) is 1.91. The van der Waals surface area contributed by atoms with Crippen molar-refractivity contribution in [1.82, 2.24) is 5.32 Å². The van der Waals surface area contributed by atoms with E-state index in [4.69, 9.17) is 0 Å². The van der Waals surface area contributed by atoms with Crippen molar-refractivity contribution in [3.05, 3.63) is 70.2 Å². The minimum atomic E-state index is 0.0316. The van der Waals surface area contributed by atoms with Gasteiger partial charge in [-0.2, -0.15) is 0 Å². The zero-order chi connectivity index (χ0) is 13.7. The molecule has 0 heterocycles. The summed E-state index contributed by atoms with van der Waals surface area (Å²) in [5.41, 5.74) is 2.13. The van der Waals surface area contributed by atoms with Gasteiger partial charge >= 0.3 is 0 Å². The first-order chi connectivity index (χ1) is 9.15. The molecule has 2 rings (SSSR count). The predicted molar refractivity (Wildman–Crippen MR) is 80.8 cm³/mol. The second-order valence-corrected chi connectivity index (χ2v) is 5.42. The summed E-state index contributed by atoms with van der Waals surface area (Å²) < 4.78 is 1.02. The molecule has 0 spiro atoms. The highest BCUT2D eigenvalue weighted by Crippen LogP contribution is 2.13. The minimum Gasteiger partial charge on any atom is -0.349 e. The van der Waals surface area contributed by atoms with Crippen LogP contribution in [0.1, 0.15) is 24.1 Å². The minimum absolute atomic E-state index is 0.0316. The van der Waals surface area contributed by atoms with E-state index >= 15 is 0 Å². The molecule has 19 heavy (non-hydrogen) atoms. The SMILES string of the molecule is C[C@@H](NC(=O)Cc1ccc(Br)cc1)c1ccccc1. The first kappa shape index (κ1) is 13.8. The number of amides is 1. The average molecular weight is 318 g/mol. The molecule has 2 aromatic rings. The number of benzene rings is 2. The van der Waals surface area contributed by atoms with Gasteiger partial charge < -0.3 is 5.32 Å². The normalized spacial score (nSPS) is 11.9. The summed E-state index contributed by atoms with van der Waals surface area (Å²) in [7, 11) is 0. The fourth-order valence-corrected chi connectivity index (χ4v) is 2.17. The van der Waals surface area contributed by atoms with Gasteiger partial charge in [-0.05, 0) is 30.2 Å². The van der Waals surface area contributed by atoms with E-state index in [1.807, 2.05) is 61.5 Å². The van der Waals surface area contributed by atoms with Gasteiger partial charge in [0.1, 0.15) is 0 Å². The maximum Gasteiger partial charge on any atom is 0.224 e. The molecule has 98 valence electrons. The van der Waals surface area contributed by atoms with E-state index in [0.29, 0.717) is 6.42 Å². The molecule has 0 aliphatic rings. The van der Waals surface area contributed by atoms with Crippen molar-refractivity contribution in [3.63, 3.8) is 0 Å². The Bertz CT molecular complexity index is 536. The molecule has 0 radical (unpaired) electrons. The van der Waals surface area contributed by atoms with Gasteiger partial charge in [0.2, 0.25) is 5.91 Å². The molecule has 2 nitrogen and oxygen atoms in total. The molecule has 1 atom stereocenters. The van der Waals surface area contributed by atoms with Crippen molar-refractivity contribution in [1.29, 1.82) is 0 Å². The zero-order valence-electron chi connectivity index (χ0n) is 10.8. The number of hydrogen-bond acceptors (Lipinski definition) is 1. The lowest BCUT2D eigenvalue weighted by Gasteiger charge is -2.14. The summed E-state index contributed by atoms with van der Waals surface area (Å²) in [6.45, 7) is 1.99. The van der Waals surface area contributed by atoms with Crippen molar-refractivity contribution in [2.75, 3.05) is 0 Å². The average Bonchev–Trinajstić information content (AvgIpc) is 2.42. The topological polar surface area (TPSA) is 29.1 Å². The van der Waals surface area contributed by atoms with E-state index in [9.17, 15) is 4.79 Å². The molecule has 3 heteroatoms. The summed E-state index contributed by atoms with van der Waals surface area (Å²) in [6.07, 6.45) is 0.407. The first-order valence-electron chi connectivity index (χ1n) is 6.24. The van der Waals surface area contributed by atoms with E-state index in [1.54, 1.807) is 0 Å². The van der Waals surface area contributed by atoms with Crippen LogP contribution < -0.4 is 5.32 Å². The van der Waals surface area contributed by atoms with Gasteiger partial charge in [0, 0.05) is 4.47 Å². The summed E-state index contributed by atoms with van der Waals surface area (Å²) in [5, 5.41) is 3.01. The van der Waals surface area contributed by atoms with Crippen LogP contribution in [0.3, 0.4) is 0 Å². The van der Waals surface area contributed by atoms with Crippen molar-refractivity contribution >= 4 is 21.8 Å². The molecule has 0 fully saturated rings. The van der Waals surface area contributed by atoms with Gasteiger partial charge in [0.15, 0.2) is 0 Å². The Balaban J connectivity index is 1.93. The lowest BCUT2D eigenvalue weighted by molar-refractivity contribution is -0.121. The highest BCUT2D eigenvalue weighted by Gasteiger charge is 2.09. The Labute approximate surface area is 122 Å². The Morgan fingerprint density at radius 1 is 1.11 bits per heavy atom. The lowest BCUT2D eigenvalue weighted by atomic mass is 10.1. The lowest BCUT2D eigenvalue weighted by Crippen LogP contribution is -2.28. The fraction of sp³-hybridized carbons (Fsp3) is 0.188. The highest BCUT2D eigenvalue weighted by molar-refractivity contribution is 9.10. The second kappa shape index (κ2) is 6.53. The van der Waals surface area contributed by atoms with Crippen LogP contribution in [-0.4, -0.2) is 5.91 Å². The van der Waals surface area contributed by atoms with Crippen LogP contribution >= 0.6 is 15.9 Å². The Morgan fingerprint density at radius 3 is 2.37 bits per heavy atom. The van der Waals surface area contributed by atoms with Gasteiger partial charge in [-0.15, -0.1) is 0 Å². The smallest absolute Gasteiger partial charge is 0.224 e. The third-order valence-electron chi connectivity index (χ3n) is 2.96. The second-order valence-electron chi connectivity index (χ2n) is 4.50. The van der Waals surface area contributed by atoms with Crippen molar-refractivity contribution in [2.45, 2.75) is 19.4 Å². The van der Waals surface area contributed by atoms with Crippen LogP contribution in [0.2, 0.25) is 0 Å². The summed E-state index contributed by atoms with van der Waals surface area (Å²) in [5.74, 6) is 0.0404. The molecule has 0 aliphatic carbocycles. The molecule has 0 bridgehead atoms. The van der Waals surface area contributed by atoms with Crippen LogP contribution in [0.5, 0.6) is 0 Å². The summed E-state index contributed by atoms with van der Waals surface area (Å²) in [6, 6.07) is 17.8. The predicted octanol–water partition coefficient (Wildman–Crippen LogP) is 3.87. The molecule has 0 saturated heterocycles. The zero-order valence-corrected chi connectivity index (χ0v) is 12.4. The molecule has 1 amide bonds. The molecule has 0 saturated carbocycles. The van der Waals surface area contributed by atoms with E-state index in [0.717, 1.165) is 15.6 Å². The number of hydrogen-bond donors (Lipinski definition) is 1. The van der Waals surface area contributed by atoms with Gasteiger partial charge in [-0.3, -0.25) is 4.79 Å². The van der Waals surface area contributed by atoms with Crippen molar-refractivity contribution in [2.24, 2.45) is 0 Å². The third kappa shape index (κ3) is 4.21. The van der Waals surface area contributed by atoms with Gasteiger partial charge in [0.25, 0.3) is 0 Å². The van der Waals surface area contributed by atoms with E-state index in [-0.39, 0.29) is 11.9 Å². The molecule has 0 aromatic heterocycles. The maximum absolute atomic E-state index is 12.0. The van der Waals surface area contributed by atoms with Crippen molar-refractivity contribution < 1.29 is 4.79 Å². The van der Waals surface area contributed by atoms with E-state index < -0.39 is 0 Å². The van der Waals surface area contributed by atoms with Crippen LogP contribution in [-0.2, 0) is 11.2 Å². The molecule has 0 unspecified atom stereocenters. The standard InChI is InChI=1S/C16H16BrNO/c1-12(14-5-3-2-4-6-14)18-16(19)11-13-7-9-15(17)10-8-13/h2-10,12H,11H2,1H3,(H,18,19)/t12-/m1/s1. The monoisotopic (exact) mass is 317 g/mol. The van der Waals surface area contributed by atoms with E-state index in [1.165, 1.54) is 0 Å². The van der Waals surface area contributed by atoms with E-state index in [2.05, 4.69) is 21.2 Å². The van der Waals surface area contributed by atoms with Gasteiger partial charge in [-0.1, -0.05) is 58.4 Å². The Kier molecular flexibility index (Phi) is 4.74. The molecule has 1 N–H and O–H groups in total. The molecule has 2 aromatic carbocycles. The molecular formula is C16H16BrNO. The number of carbonyl (C=O) groups excluding carboxylic acids is 1. The van der Waals surface area contributed by atoms with Crippen molar-refractivity contribution in [3.8, 4) is 0 Å². The van der Waals surface area contributed by atoms with Crippen LogP contribution in [0.4, 0.5) is 0 Å². The third-order valence-corrected chi connectivity index (χ3v) is 3.48. The van der Waals surface area contributed by atoms with Gasteiger partial charge in [-0.25, -0.2) is 0 Å². The van der Waals surface area contributed by atoms with Gasteiger partial charge in [0.05, 0.1) is 12.5 Å². The Morgan fingerprint density at radius 2 is 1.74 bits per heavy atom. The Hall–Kier alpha value is -1.61.